The highest BCUT2D eigenvalue weighted by Gasteiger charge is 2.42. The number of para-hydroxylation sites is 1. The Labute approximate surface area is 226 Å². The molecule has 3 aliphatic rings. The van der Waals surface area contributed by atoms with Gasteiger partial charge in [0.2, 0.25) is 11.8 Å². The molecule has 10 heteroatoms. The summed E-state index contributed by atoms with van der Waals surface area (Å²) in [5, 5.41) is 6.38. The van der Waals surface area contributed by atoms with E-state index >= 15 is 0 Å². The first-order valence-electron chi connectivity index (χ1n) is 12.9. The van der Waals surface area contributed by atoms with Crippen molar-refractivity contribution in [2.24, 2.45) is 9.98 Å². The van der Waals surface area contributed by atoms with Gasteiger partial charge >= 0.3 is 0 Å². The van der Waals surface area contributed by atoms with E-state index in [1.54, 1.807) is 7.11 Å². The first-order chi connectivity index (χ1) is 18.5. The van der Waals surface area contributed by atoms with Gasteiger partial charge in [-0.15, -0.1) is 0 Å². The number of thioether (sulfide) groups is 1. The number of nitrogens with one attached hydrogen (secondary N) is 2. The number of hydrogen-bond acceptors (Lipinski definition) is 7. The van der Waals surface area contributed by atoms with Crippen LogP contribution in [-0.2, 0) is 20.9 Å². The van der Waals surface area contributed by atoms with Crippen LogP contribution in [0.25, 0.3) is 0 Å². The summed E-state index contributed by atoms with van der Waals surface area (Å²) < 4.78 is 5.16. The third kappa shape index (κ3) is 5.91. The van der Waals surface area contributed by atoms with Crippen LogP contribution in [0, 0.1) is 0 Å². The van der Waals surface area contributed by atoms with Crippen molar-refractivity contribution in [3.8, 4) is 5.75 Å². The predicted octanol–water partition coefficient (Wildman–Crippen LogP) is 3.54. The van der Waals surface area contributed by atoms with Crippen LogP contribution < -0.4 is 15.4 Å². The fourth-order valence-corrected chi connectivity index (χ4v) is 5.68. The molecule has 0 unspecified atom stereocenters. The Morgan fingerprint density at radius 3 is 2.58 bits per heavy atom. The zero-order valence-corrected chi connectivity index (χ0v) is 22.1. The van der Waals surface area contributed by atoms with Gasteiger partial charge in [0.1, 0.15) is 17.6 Å². The Kier molecular flexibility index (Phi) is 8.07. The number of methoxy groups -OCH3 is 1. The number of fused-ring (bicyclic) bond motifs is 3. The Bertz CT molecular complexity index is 1270. The molecule has 9 nitrogen and oxygen atoms in total. The van der Waals surface area contributed by atoms with Gasteiger partial charge in [0, 0.05) is 18.2 Å². The van der Waals surface area contributed by atoms with Crippen LogP contribution in [0.2, 0.25) is 0 Å². The molecule has 1 atom stereocenters. The summed E-state index contributed by atoms with van der Waals surface area (Å²) in [4.78, 5) is 49.5. The summed E-state index contributed by atoms with van der Waals surface area (Å²) in [6, 6.07) is 14.2. The molecular weight excluding hydrogens is 502 g/mol. The van der Waals surface area contributed by atoms with Crippen LogP contribution in [0.5, 0.6) is 5.75 Å². The molecule has 2 N–H and O–H groups in total. The number of aliphatic imine (C=N–C) groups is 2. The molecule has 1 aliphatic carbocycles. The molecule has 3 amide bonds. The highest BCUT2D eigenvalue weighted by molar-refractivity contribution is 8.14. The summed E-state index contributed by atoms with van der Waals surface area (Å²) >= 11 is 1.22. The Morgan fingerprint density at radius 1 is 1.05 bits per heavy atom. The predicted molar refractivity (Wildman–Crippen MR) is 148 cm³/mol. The van der Waals surface area contributed by atoms with E-state index in [9.17, 15) is 14.4 Å². The minimum Gasteiger partial charge on any atom is -0.497 e. The highest BCUT2D eigenvalue weighted by Crippen LogP contribution is 2.34. The average Bonchev–Trinajstić information content (AvgIpc) is 3.27. The molecule has 5 rings (SSSR count). The molecule has 0 aromatic heterocycles. The van der Waals surface area contributed by atoms with E-state index in [0.29, 0.717) is 23.2 Å². The normalized spacial score (nSPS) is 18.7. The molecule has 1 saturated carbocycles. The number of carbonyl (C=O) groups excluding carboxylic acids is 3. The van der Waals surface area contributed by atoms with Crippen LogP contribution in [0.1, 0.15) is 49.7 Å². The Morgan fingerprint density at radius 2 is 1.82 bits per heavy atom. The molecule has 198 valence electrons. The van der Waals surface area contributed by atoms with Crippen molar-refractivity contribution in [1.82, 2.24) is 15.5 Å². The van der Waals surface area contributed by atoms with Crippen LogP contribution in [0.3, 0.4) is 0 Å². The summed E-state index contributed by atoms with van der Waals surface area (Å²) in [6.07, 6.45) is 5.44. The van der Waals surface area contributed by atoms with Crippen molar-refractivity contribution < 1.29 is 19.1 Å². The Balaban J connectivity index is 1.24. The average molecular weight is 534 g/mol. The minimum atomic E-state index is -0.853. The SMILES string of the molecule is COc1ccc(CNC(=O)C[C@H]2N=C3c4ccccc4N=C(SCC(=O)NC4CCCCC4)N3C2=O)cc1. The van der Waals surface area contributed by atoms with Gasteiger partial charge in [-0.05, 0) is 42.7 Å². The maximum atomic E-state index is 13.4. The van der Waals surface area contributed by atoms with Crippen LogP contribution in [0.4, 0.5) is 5.69 Å². The number of benzene rings is 2. The van der Waals surface area contributed by atoms with Gasteiger partial charge in [-0.25, -0.2) is 9.89 Å². The molecule has 0 saturated heterocycles. The van der Waals surface area contributed by atoms with E-state index in [4.69, 9.17) is 4.74 Å². The van der Waals surface area contributed by atoms with Crippen molar-refractivity contribution >= 4 is 46.2 Å². The lowest BCUT2D eigenvalue weighted by Crippen LogP contribution is -2.43. The molecule has 2 heterocycles. The molecule has 0 bridgehead atoms. The summed E-state index contributed by atoms with van der Waals surface area (Å²) in [5.41, 5.74) is 2.35. The molecule has 0 radical (unpaired) electrons. The maximum absolute atomic E-state index is 13.4. The minimum absolute atomic E-state index is 0.0666. The zero-order chi connectivity index (χ0) is 26.5. The summed E-state index contributed by atoms with van der Waals surface area (Å²) in [5.74, 6) is 0.724. The van der Waals surface area contributed by atoms with Crippen molar-refractivity contribution in [3.63, 3.8) is 0 Å². The number of carbonyl (C=O) groups is 3. The van der Waals surface area contributed by atoms with E-state index in [2.05, 4.69) is 20.6 Å². The lowest BCUT2D eigenvalue weighted by Gasteiger charge is -2.26. The van der Waals surface area contributed by atoms with Gasteiger partial charge in [-0.3, -0.25) is 19.4 Å². The van der Waals surface area contributed by atoms with Crippen molar-refractivity contribution in [3.05, 3.63) is 59.7 Å². The monoisotopic (exact) mass is 533 g/mol. The molecule has 2 aliphatic heterocycles. The second-order valence-corrected chi connectivity index (χ2v) is 10.5. The summed E-state index contributed by atoms with van der Waals surface area (Å²) in [6.45, 7) is 0.339. The number of ether oxygens (including phenoxy) is 1. The van der Waals surface area contributed by atoms with E-state index in [1.165, 1.54) is 23.1 Å². The molecule has 38 heavy (non-hydrogen) atoms. The van der Waals surface area contributed by atoms with Gasteiger partial charge in [0.25, 0.3) is 5.91 Å². The molecular formula is C28H31N5O4S. The first-order valence-corrected chi connectivity index (χ1v) is 13.9. The van der Waals surface area contributed by atoms with Gasteiger partial charge in [0.05, 0.1) is 25.0 Å². The van der Waals surface area contributed by atoms with Crippen molar-refractivity contribution in [2.45, 2.75) is 57.2 Å². The van der Waals surface area contributed by atoms with Gasteiger partial charge in [-0.1, -0.05) is 55.3 Å². The van der Waals surface area contributed by atoms with E-state index in [0.717, 1.165) is 42.6 Å². The lowest BCUT2D eigenvalue weighted by atomic mass is 9.95. The smallest absolute Gasteiger partial charge is 0.259 e. The summed E-state index contributed by atoms with van der Waals surface area (Å²) in [7, 11) is 1.60. The van der Waals surface area contributed by atoms with Gasteiger partial charge in [-0.2, -0.15) is 0 Å². The number of amides is 3. The van der Waals surface area contributed by atoms with Crippen LogP contribution >= 0.6 is 11.8 Å². The second kappa shape index (κ2) is 11.8. The highest BCUT2D eigenvalue weighted by atomic mass is 32.2. The Hall–Kier alpha value is -3.66. The third-order valence-corrected chi connectivity index (χ3v) is 7.82. The van der Waals surface area contributed by atoms with Gasteiger partial charge in [0.15, 0.2) is 5.17 Å². The zero-order valence-electron chi connectivity index (χ0n) is 21.3. The molecule has 2 aromatic carbocycles. The number of amidine groups is 2. The second-order valence-electron chi connectivity index (χ2n) is 9.57. The van der Waals surface area contributed by atoms with Crippen LogP contribution in [0.15, 0.2) is 58.5 Å². The topological polar surface area (TPSA) is 112 Å². The first kappa shape index (κ1) is 26.0. The fraction of sp³-hybridized carbons (Fsp3) is 0.393. The third-order valence-electron chi connectivity index (χ3n) is 6.88. The van der Waals surface area contributed by atoms with Crippen molar-refractivity contribution in [1.29, 1.82) is 0 Å². The van der Waals surface area contributed by atoms with Crippen molar-refractivity contribution in [2.75, 3.05) is 12.9 Å². The number of hydrogen-bond donors (Lipinski definition) is 2. The van der Waals surface area contributed by atoms with E-state index in [-0.39, 0.29) is 35.9 Å². The molecule has 0 spiro atoms. The fourth-order valence-electron chi connectivity index (χ4n) is 4.87. The van der Waals surface area contributed by atoms with E-state index in [1.807, 2.05) is 48.5 Å². The lowest BCUT2D eigenvalue weighted by molar-refractivity contribution is -0.128. The standard InChI is InChI=1S/C28H31N5O4S/c1-37-20-13-11-18(12-14-20)16-29-24(34)15-23-27(36)33-26(31-23)21-9-5-6-10-22(21)32-28(33)38-17-25(35)30-19-7-3-2-4-8-19/h5-6,9-14,19,23H,2-4,7-8,15-17H2,1H3,(H,29,34)(H,30,35)/t23-/m1/s1. The number of nitrogens with zero attached hydrogens (tertiary/aromatic N) is 3. The number of rotatable bonds is 8. The molecule has 2 aromatic rings. The molecule has 1 fully saturated rings. The maximum Gasteiger partial charge on any atom is 0.259 e. The quantitative estimate of drug-likeness (QED) is 0.539. The largest absolute Gasteiger partial charge is 0.497 e. The van der Waals surface area contributed by atoms with Crippen LogP contribution in [-0.4, -0.2) is 58.6 Å². The van der Waals surface area contributed by atoms with Gasteiger partial charge < -0.3 is 15.4 Å². The van der Waals surface area contributed by atoms with E-state index < -0.39 is 6.04 Å².